The van der Waals surface area contributed by atoms with Gasteiger partial charge in [-0.25, -0.2) is 0 Å². The Labute approximate surface area is 139 Å². The van der Waals surface area contributed by atoms with Crippen LogP contribution >= 0.6 is 31.9 Å². The highest BCUT2D eigenvalue weighted by Crippen LogP contribution is 2.23. The molecule has 2 aromatic carbocycles. The third-order valence-electron chi connectivity index (χ3n) is 2.65. The maximum atomic E-state index is 12.3. The van der Waals surface area contributed by atoms with Crippen molar-refractivity contribution < 1.29 is 9.53 Å². The van der Waals surface area contributed by atoms with Crippen molar-refractivity contribution in [3.63, 3.8) is 0 Å². The Morgan fingerprint density at radius 3 is 2.76 bits per heavy atom. The van der Waals surface area contributed by atoms with Crippen molar-refractivity contribution >= 4 is 43.5 Å². The van der Waals surface area contributed by atoms with Crippen LogP contribution in [0.25, 0.3) is 0 Å². The van der Waals surface area contributed by atoms with Gasteiger partial charge in [-0.1, -0.05) is 22.0 Å². The number of benzene rings is 2. The van der Waals surface area contributed by atoms with Crippen LogP contribution in [0.15, 0.2) is 51.4 Å². The van der Waals surface area contributed by atoms with Crippen molar-refractivity contribution in [3.8, 4) is 5.75 Å². The number of anilines is 1. The summed E-state index contributed by atoms with van der Waals surface area (Å²) in [6.07, 6.45) is 0. The summed E-state index contributed by atoms with van der Waals surface area (Å²) < 4.78 is 7.01. The predicted molar refractivity (Wildman–Crippen MR) is 90.8 cm³/mol. The second kappa shape index (κ2) is 7.59. The lowest BCUT2D eigenvalue weighted by molar-refractivity contribution is 0.102. The molecule has 1 amide bonds. The summed E-state index contributed by atoms with van der Waals surface area (Å²) in [5.41, 5.74) is 6.62. The van der Waals surface area contributed by atoms with Crippen molar-refractivity contribution in [2.45, 2.75) is 0 Å². The van der Waals surface area contributed by atoms with E-state index in [1.54, 1.807) is 18.2 Å². The fraction of sp³-hybridized carbons (Fsp3) is 0.133. The van der Waals surface area contributed by atoms with E-state index in [1.165, 1.54) is 0 Å². The molecule has 0 atom stereocenters. The average Bonchev–Trinajstić information content (AvgIpc) is 2.48. The number of hydrogen-bond acceptors (Lipinski definition) is 3. The quantitative estimate of drug-likeness (QED) is 0.783. The maximum Gasteiger partial charge on any atom is 0.256 e. The molecule has 2 rings (SSSR count). The first-order valence-electron chi connectivity index (χ1n) is 6.29. The molecule has 0 saturated carbocycles. The number of hydrogen-bond donors (Lipinski definition) is 2. The van der Waals surface area contributed by atoms with Gasteiger partial charge in [-0.15, -0.1) is 0 Å². The zero-order valence-electron chi connectivity index (χ0n) is 11.1. The van der Waals surface area contributed by atoms with Crippen LogP contribution in [-0.4, -0.2) is 19.1 Å². The van der Waals surface area contributed by atoms with Gasteiger partial charge in [0.1, 0.15) is 12.4 Å². The molecule has 6 heteroatoms. The lowest BCUT2D eigenvalue weighted by Gasteiger charge is -2.09. The molecule has 110 valence electrons. The Morgan fingerprint density at radius 1 is 1.19 bits per heavy atom. The van der Waals surface area contributed by atoms with Crippen LogP contribution in [0.3, 0.4) is 0 Å². The minimum Gasteiger partial charge on any atom is -0.492 e. The van der Waals surface area contributed by atoms with Crippen molar-refractivity contribution in [2.75, 3.05) is 18.5 Å². The monoisotopic (exact) mass is 412 g/mol. The third-order valence-corrected chi connectivity index (χ3v) is 3.84. The Kier molecular flexibility index (Phi) is 5.78. The van der Waals surface area contributed by atoms with Gasteiger partial charge in [0.15, 0.2) is 0 Å². The average molecular weight is 414 g/mol. The fourth-order valence-corrected chi connectivity index (χ4v) is 2.50. The first-order valence-corrected chi connectivity index (χ1v) is 7.88. The summed E-state index contributed by atoms with van der Waals surface area (Å²) in [7, 11) is 0. The van der Waals surface area contributed by atoms with Crippen molar-refractivity contribution in [1.82, 2.24) is 0 Å². The van der Waals surface area contributed by atoms with Crippen molar-refractivity contribution in [3.05, 3.63) is 57.0 Å². The van der Waals surface area contributed by atoms with Gasteiger partial charge < -0.3 is 15.8 Å². The summed E-state index contributed by atoms with van der Waals surface area (Å²) in [5, 5.41) is 2.84. The van der Waals surface area contributed by atoms with E-state index in [9.17, 15) is 4.79 Å². The smallest absolute Gasteiger partial charge is 0.256 e. The number of amides is 1. The van der Waals surface area contributed by atoms with E-state index in [-0.39, 0.29) is 5.91 Å². The van der Waals surface area contributed by atoms with E-state index in [4.69, 9.17) is 10.5 Å². The highest BCUT2D eigenvalue weighted by Gasteiger charge is 2.11. The van der Waals surface area contributed by atoms with Crippen LogP contribution < -0.4 is 15.8 Å². The molecule has 0 aliphatic carbocycles. The Bertz CT molecular complexity index is 647. The van der Waals surface area contributed by atoms with Crippen LogP contribution in [0, 0.1) is 0 Å². The molecule has 4 nitrogen and oxygen atoms in total. The highest BCUT2D eigenvalue weighted by molar-refractivity contribution is 9.11. The van der Waals surface area contributed by atoms with E-state index in [0.29, 0.717) is 30.2 Å². The summed E-state index contributed by atoms with van der Waals surface area (Å²) >= 11 is 6.73. The van der Waals surface area contributed by atoms with Gasteiger partial charge in [0.05, 0.1) is 5.56 Å². The number of nitrogens with two attached hydrogens (primary N) is 1. The standard InChI is InChI=1S/C15H14Br2N2O2/c16-10-4-5-14(17)13(8-10)15(20)19-11-2-1-3-12(9-11)21-7-6-18/h1-5,8-9H,6-7,18H2,(H,19,20). The number of carbonyl (C=O) groups is 1. The molecular formula is C15H14Br2N2O2. The fourth-order valence-electron chi connectivity index (χ4n) is 1.71. The molecule has 0 saturated heterocycles. The molecule has 0 bridgehead atoms. The minimum absolute atomic E-state index is 0.195. The number of nitrogens with one attached hydrogen (secondary N) is 1. The molecule has 2 aromatic rings. The number of rotatable bonds is 5. The molecule has 0 fully saturated rings. The molecule has 0 heterocycles. The van der Waals surface area contributed by atoms with E-state index >= 15 is 0 Å². The molecule has 0 unspecified atom stereocenters. The number of ether oxygens (including phenoxy) is 1. The van der Waals surface area contributed by atoms with E-state index < -0.39 is 0 Å². The van der Waals surface area contributed by atoms with Gasteiger partial charge in [-0.3, -0.25) is 4.79 Å². The Hall–Kier alpha value is -1.37. The minimum atomic E-state index is -0.195. The first kappa shape index (κ1) is 16.0. The lowest BCUT2D eigenvalue weighted by Crippen LogP contribution is -2.13. The molecular weight excluding hydrogens is 400 g/mol. The SMILES string of the molecule is NCCOc1cccc(NC(=O)c2cc(Br)ccc2Br)c1. The Morgan fingerprint density at radius 2 is 2.00 bits per heavy atom. The maximum absolute atomic E-state index is 12.3. The van der Waals surface area contributed by atoms with E-state index in [1.807, 2.05) is 24.3 Å². The van der Waals surface area contributed by atoms with Crippen LogP contribution in [0.5, 0.6) is 5.75 Å². The topological polar surface area (TPSA) is 64.3 Å². The highest BCUT2D eigenvalue weighted by atomic mass is 79.9. The van der Waals surface area contributed by atoms with Crippen LogP contribution in [-0.2, 0) is 0 Å². The third kappa shape index (κ3) is 4.56. The lowest BCUT2D eigenvalue weighted by atomic mass is 10.2. The van der Waals surface area contributed by atoms with Crippen molar-refractivity contribution in [1.29, 1.82) is 0 Å². The van der Waals surface area contributed by atoms with Gasteiger partial charge in [-0.2, -0.15) is 0 Å². The molecule has 0 aliphatic heterocycles. The summed E-state index contributed by atoms with van der Waals surface area (Å²) in [6.45, 7) is 0.885. The second-order valence-electron chi connectivity index (χ2n) is 4.24. The predicted octanol–water partition coefficient (Wildman–Crippen LogP) is 3.80. The van der Waals surface area contributed by atoms with Gasteiger partial charge in [-0.05, 0) is 46.3 Å². The number of carbonyl (C=O) groups excluding carboxylic acids is 1. The van der Waals surface area contributed by atoms with Gasteiger partial charge in [0, 0.05) is 27.2 Å². The zero-order valence-corrected chi connectivity index (χ0v) is 14.3. The molecule has 21 heavy (non-hydrogen) atoms. The second-order valence-corrected chi connectivity index (χ2v) is 6.01. The van der Waals surface area contributed by atoms with Gasteiger partial charge in [0.2, 0.25) is 0 Å². The van der Waals surface area contributed by atoms with Crippen LogP contribution in [0.2, 0.25) is 0 Å². The molecule has 3 N–H and O–H groups in total. The molecule has 0 aromatic heterocycles. The van der Waals surface area contributed by atoms with Crippen LogP contribution in [0.4, 0.5) is 5.69 Å². The van der Waals surface area contributed by atoms with Crippen LogP contribution in [0.1, 0.15) is 10.4 Å². The summed E-state index contributed by atoms with van der Waals surface area (Å²) in [6, 6.07) is 12.6. The molecule has 0 spiro atoms. The number of halogens is 2. The zero-order chi connectivity index (χ0) is 15.2. The van der Waals surface area contributed by atoms with Gasteiger partial charge >= 0.3 is 0 Å². The Balaban J connectivity index is 2.14. The normalized spacial score (nSPS) is 10.2. The van der Waals surface area contributed by atoms with Crippen molar-refractivity contribution in [2.24, 2.45) is 5.73 Å². The van der Waals surface area contributed by atoms with Gasteiger partial charge in [0.25, 0.3) is 5.91 Å². The molecule has 0 aliphatic rings. The largest absolute Gasteiger partial charge is 0.492 e. The van der Waals surface area contributed by atoms with E-state index in [2.05, 4.69) is 37.2 Å². The summed E-state index contributed by atoms with van der Waals surface area (Å²) in [5.74, 6) is 0.478. The van der Waals surface area contributed by atoms with E-state index in [0.717, 1.165) is 8.95 Å². The first-order chi connectivity index (χ1) is 10.1. The summed E-state index contributed by atoms with van der Waals surface area (Å²) in [4.78, 5) is 12.3. The molecule has 0 radical (unpaired) electrons.